The van der Waals surface area contributed by atoms with Gasteiger partial charge in [0.1, 0.15) is 6.54 Å². The standard InChI is InChI=1S/C18H14N2O3/c21-16(19-10-9-12-5-1-3-7-14(12)19)11-20-15-8-4-2-6-13(15)17(22)18(20)23/h1-8H,9-11H2. The van der Waals surface area contributed by atoms with Crippen LogP contribution in [0.1, 0.15) is 15.9 Å². The van der Waals surface area contributed by atoms with Crippen LogP contribution in [-0.2, 0) is 16.0 Å². The molecule has 0 saturated carbocycles. The predicted octanol–water partition coefficient (Wildman–Crippen LogP) is 1.81. The van der Waals surface area contributed by atoms with Crippen LogP contribution in [0.3, 0.4) is 0 Å². The Kier molecular flexibility index (Phi) is 3.01. The highest BCUT2D eigenvalue weighted by Gasteiger charge is 2.37. The van der Waals surface area contributed by atoms with Crippen LogP contribution < -0.4 is 9.80 Å². The van der Waals surface area contributed by atoms with E-state index in [0.717, 1.165) is 17.7 Å². The average Bonchev–Trinajstić information content (AvgIpc) is 3.11. The second kappa shape index (κ2) is 5.05. The summed E-state index contributed by atoms with van der Waals surface area (Å²) in [5.74, 6) is -1.35. The maximum Gasteiger partial charge on any atom is 0.299 e. The van der Waals surface area contributed by atoms with Gasteiger partial charge in [-0.05, 0) is 30.2 Å². The summed E-state index contributed by atoms with van der Waals surface area (Å²) < 4.78 is 0. The molecule has 2 aromatic carbocycles. The van der Waals surface area contributed by atoms with E-state index in [0.29, 0.717) is 17.8 Å². The Bertz CT molecular complexity index is 844. The van der Waals surface area contributed by atoms with Crippen LogP contribution in [-0.4, -0.2) is 30.7 Å². The van der Waals surface area contributed by atoms with Gasteiger partial charge in [0.2, 0.25) is 5.91 Å². The third kappa shape index (κ3) is 2.04. The van der Waals surface area contributed by atoms with Gasteiger partial charge in [-0.15, -0.1) is 0 Å². The summed E-state index contributed by atoms with van der Waals surface area (Å²) in [6.07, 6.45) is 0.811. The SMILES string of the molecule is O=C1C(=O)N(CC(=O)N2CCc3ccccc32)c2ccccc21. The monoisotopic (exact) mass is 306 g/mol. The molecule has 0 atom stereocenters. The molecule has 0 N–H and O–H groups in total. The van der Waals surface area contributed by atoms with Gasteiger partial charge < -0.3 is 4.90 Å². The summed E-state index contributed by atoms with van der Waals surface area (Å²) in [5.41, 5.74) is 2.91. The van der Waals surface area contributed by atoms with E-state index in [2.05, 4.69) is 0 Å². The van der Waals surface area contributed by atoms with Gasteiger partial charge in [-0.1, -0.05) is 30.3 Å². The second-order valence-electron chi connectivity index (χ2n) is 5.66. The summed E-state index contributed by atoms with van der Waals surface area (Å²) in [6, 6.07) is 14.5. The van der Waals surface area contributed by atoms with Crippen LogP contribution in [0, 0.1) is 0 Å². The Morgan fingerprint density at radius 2 is 1.65 bits per heavy atom. The van der Waals surface area contributed by atoms with Crippen molar-refractivity contribution < 1.29 is 14.4 Å². The van der Waals surface area contributed by atoms with Crippen molar-refractivity contribution in [1.82, 2.24) is 0 Å². The van der Waals surface area contributed by atoms with E-state index >= 15 is 0 Å². The smallest absolute Gasteiger partial charge is 0.299 e. The van der Waals surface area contributed by atoms with Crippen molar-refractivity contribution in [2.24, 2.45) is 0 Å². The Morgan fingerprint density at radius 1 is 0.957 bits per heavy atom. The number of hydrogen-bond donors (Lipinski definition) is 0. The molecule has 0 saturated heterocycles. The molecule has 5 heteroatoms. The quantitative estimate of drug-likeness (QED) is 0.795. The van der Waals surface area contributed by atoms with Crippen LogP contribution in [0.2, 0.25) is 0 Å². The topological polar surface area (TPSA) is 57.7 Å². The average molecular weight is 306 g/mol. The molecule has 5 nitrogen and oxygen atoms in total. The van der Waals surface area contributed by atoms with Crippen molar-refractivity contribution in [1.29, 1.82) is 0 Å². The summed E-state index contributed by atoms with van der Waals surface area (Å²) in [4.78, 5) is 39.8. The van der Waals surface area contributed by atoms with E-state index in [-0.39, 0.29) is 12.5 Å². The second-order valence-corrected chi connectivity index (χ2v) is 5.66. The Labute approximate surface area is 133 Å². The minimum Gasteiger partial charge on any atom is -0.310 e. The van der Waals surface area contributed by atoms with Crippen molar-refractivity contribution in [3.8, 4) is 0 Å². The molecule has 0 unspecified atom stereocenters. The first-order valence-corrected chi connectivity index (χ1v) is 7.50. The van der Waals surface area contributed by atoms with Crippen molar-refractivity contribution in [3.63, 3.8) is 0 Å². The number of para-hydroxylation sites is 2. The minimum atomic E-state index is -0.632. The van der Waals surface area contributed by atoms with Crippen molar-refractivity contribution in [2.75, 3.05) is 22.9 Å². The number of rotatable bonds is 2. The van der Waals surface area contributed by atoms with Crippen LogP contribution in [0.5, 0.6) is 0 Å². The third-order valence-corrected chi connectivity index (χ3v) is 4.36. The number of carbonyl (C=O) groups is 3. The van der Waals surface area contributed by atoms with Crippen LogP contribution in [0.4, 0.5) is 11.4 Å². The molecule has 2 heterocycles. The lowest BCUT2D eigenvalue weighted by molar-refractivity contribution is -0.120. The van der Waals surface area contributed by atoms with E-state index in [4.69, 9.17) is 0 Å². The van der Waals surface area contributed by atoms with Crippen molar-refractivity contribution in [2.45, 2.75) is 6.42 Å². The fourth-order valence-electron chi connectivity index (χ4n) is 3.22. The van der Waals surface area contributed by atoms with Crippen LogP contribution >= 0.6 is 0 Å². The molecular formula is C18H14N2O3. The Balaban J connectivity index is 1.61. The molecule has 2 aromatic rings. The molecule has 2 aliphatic heterocycles. The highest BCUT2D eigenvalue weighted by atomic mass is 16.2. The third-order valence-electron chi connectivity index (χ3n) is 4.36. The van der Waals surface area contributed by atoms with Gasteiger partial charge in [-0.25, -0.2) is 0 Å². The number of carbonyl (C=O) groups excluding carboxylic acids is 3. The number of nitrogens with zero attached hydrogens (tertiary/aromatic N) is 2. The zero-order chi connectivity index (χ0) is 16.0. The van der Waals surface area contributed by atoms with E-state index in [1.54, 1.807) is 29.2 Å². The van der Waals surface area contributed by atoms with Crippen LogP contribution in [0.15, 0.2) is 48.5 Å². The molecule has 4 rings (SSSR count). The molecule has 0 radical (unpaired) electrons. The maximum absolute atomic E-state index is 12.6. The van der Waals surface area contributed by atoms with Gasteiger partial charge in [-0.3, -0.25) is 19.3 Å². The lowest BCUT2D eigenvalue weighted by Crippen LogP contribution is -2.42. The van der Waals surface area contributed by atoms with Crippen molar-refractivity contribution in [3.05, 3.63) is 59.7 Å². The normalized spacial score (nSPS) is 15.8. The van der Waals surface area contributed by atoms with Gasteiger partial charge in [0.25, 0.3) is 11.7 Å². The summed E-state index contributed by atoms with van der Waals surface area (Å²) in [5, 5.41) is 0. The number of ketones is 1. The molecule has 0 aromatic heterocycles. The van der Waals surface area contributed by atoms with E-state index in [9.17, 15) is 14.4 Å². The molecule has 23 heavy (non-hydrogen) atoms. The van der Waals surface area contributed by atoms with Crippen molar-refractivity contribution >= 4 is 29.0 Å². The molecule has 0 aliphatic carbocycles. The number of anilines is 2. The number of Topliss-reactive ketones (excluding diaryl/α,β-unsaturated/α-hetero) is 1. The minimum absolute atomic E-state index is 0.115. The zero-order valence-electron chi connectivity index (χ0n) is 12.4. The summed E-state index contributed by atoms with van der Waals surface area (Å²) in [7, 11) is 0. The summed E-state index contributed by atoms with van der Waals surface area (Å²) >= 11 is 0. The molecule has 0 fully saturated rings. The van der Waals surface area contributed by atoms with Crippen LogP contribution in [0.25, 0.3) is 0 Å². The zero-order valence-corrected chi connectivity index (χ0v) is 12.4. The molecular weight excluding hydrogens is 292 g/mol. The lowest BCUT2D eigenvalue weighted by atomic mass is 10.1. The van der Waals surface area contributed by atoms with Gasteiger partial charge in [-0.2, -0.15) is 0 Å². The largest absolute Gasteiger partial charge is 0.310 e. The van der Waals surface area contributed by atoms with Gasteiger partial charge in [0, 0.05) is 12.2 Å². The highest BCUT2D eigenvalue weighted by molar-refractivity contribution is 6.52. The number of hydrogen-bond acceptors (Lipinski definition) is 3. The van der Waals surface area contributed by atoms with Gasteiger partial charge in [0.15, 0.2) is 0 Å². The number of amides is 2. The first-order valence-electron chi connectivity index (χ1n) is 7.50. The first kappa shape index (κ1) is 13.7. The van der Waals surface area contributed by atoms with E-state index in [1.807, 2.05) is 24.3 Å². The van der Waals surface area contributed by atoms with Gasteiger partial charge >= 0.3 is 0 Å². The number of benzene rings is 2. The molecule has 2 aliphatic rings. The Hall–Kier alpha value is -2.95. The Morgan fingerprint density at radius 3 is 2.48 bits per heavy atom. The van der Waals surface area contributed by atoms with E-state index in [1.165, 1.54) is 4.90 Å². The molecule has 0 bridgehead atoms. The summed E-state index contributed by atoms with van der Waals surface area (Å²) in [6.45, 7) is 0.492. The van der Waals surface area contributed by atoms with Gasteiger partial charge in [0.05, 0.1) is 11.3 Å². The molecule has 2 amide bonds. The van der Waals surface area contributed by atoms with E-state index < -0.39 is 11.7 Å². The fourth-order valence-corrected chi connectivity index (χ4v) is 3.22. The predicted molar refractivity (Wildman–Crippen MR) is 85.6 cm³/mol. The molecule has 114 valence electrons. The highest BCUT2D eigenvalue weighted by Crippen LogP contribution is 2.30. The molecule has 0 spiro atoms. The first-order chi connectivity index (χ1) is 11.2. The lowest BCUT2D eigenvalue weighted by Gasteiger charge is -2.22. The fraction of sp³-hybridized carbons (Fsp3) is 0.167. The maximum atomic E-state index is 12.6. The number of fused-ring (bicyclic) bond motifs is 2.